The van der Waals surface area contributed by atoms with Crippen molar-refractivity contribution in [1.29, 1.82) is 0 Å². The molecule has 0 atom stereocenters. The van der Waals surface area contributed by atoms with Gasteiger partial charge in [-0.25, -0.2) is 4.39 Å². The van der Waals surface area contributed by atoms with Crippen LogP contribution in [0.2, 0.25) is 5.02 Å². The second-order valence-corrected chi connectivity index (χ2v) is 5.63. The zero-order chi connectivity index (χ0) is 12.6. The molecule has 2 aromatic rings. The lowest BCUT2D eigenvalue weighted by molar-refractivity contribution is 0.103. The minimum Gasteiger partial charge on any atom is -0.288 e. The first-order valence-corrected chi connectivity index (χ1v) is 6.79. The number of carbonyl (C=O) groups excluding carboxylic acids is 1. The molecule has 17 heavy (non-hydrogen) atoms. The Morgan fingerprint density at radius 2 is 2.12 bits per heavy atom. The fourth-order valence-corrected chi connectivity index (χ4v) is 2.78. The first-order chi connectivity index (χ1) is 8.02. The second-order valence-electron chi connectivity index (χ2n) is 3.48. The van der Waals surface area contributed by atoms with Crippen LogP contribution in [0.15, 0.2) is 28.1 Å². The van der Waals surface area contributed by atoms with Gasteiger partial charge in [-0.05, 0) is 52.0 Å². The Bertz CT molecular complexity index is 594. The predicted octanol–water partition coefficient (Wildman–Crippen LogP) is 4.84. The quantitative estimate of drug-likeness (QED) is 0.567. The summed E-state index contributed by atoms with van der Waals surface area (Å²) in [7, 11) is 0. The Morgan fingerprint density at radius 3 is 2.71 bits per heavy atom. The second kappa shape index (κ2) is 4.88. The summed E-state index contributed by atoms with van der Waals surface area (Å²) in [5.41, 5.74) is 0.849. The van der Waals surface area contributed by atoms with Crippen LogP contribution in [0.25, 0.3) is 0 Å². The van der Waals surface area contributed by atoms with Gasteiger partial charge in [0.1, 0.15) is 0 Å². The van der Waals surface area contributed by atoms with Crippen LogP contribution in [-0.2, 0) is 0 Å². The van der Waals surface area contributed by atoms with E-state index in [1.807, 2.05) is 13.0 Å². The molecule has 1 aromatic heterocycles. The van der Waals surface area contributed by atoms with Gasteiger partial charge >= 0.3 is 0 Å². The van der Waals surface area contributed by atoms with Crippen molar-refractivity contribution < 1.29 is 9.18 Å². The fraction of sp³-hybridized carbons (Fsp3) is 0.0833. The van der Waals surface area contributed by atoms with Crippen LogP contribution < -0.4 is 0 Å². The predicted molar refractivity (Wildman–Crippen MR) is 71.6 cm³/mol. The molecule has 2 rings (SSSR count). The molecule has 0 fully saturated rings. The Hall–Kier alpha value is -0.710. The highest BCUT2D eigenvalue weighted by Crippen LogP contribution is 2.30. The molecule has 0 saturated carbocycles. The Balaban J connectivity index is 2.53. The molecule has 1 aromatic carbocycles. The number of ketones is 1. The number of benzene rings is 1. The van der Waals surface area contributed by atoms with Crippen LogP contribution in [0.5, 0.6) is 0 Å². The van der Waals surface area contributed by atoms with Crippen molar-refractivity contribution in [3.05, 3.63) is 54.9 Å². The van der Waals surface area contributed by atoms with Gasteiger partial charge in [0, 0.05) is 4.47 Å². The van der Waals surface area contributed by atoms with E-state index in [4.69, 9.17) is 11.6 Å². The highest BCUT2D eigenvalue weighted by molar-refractivity contribution is 9.10. The number of hydrogen-bond acceptors (Lipinski definition) is 2. The van der Waals surface area contributed by atoms with Crippen LogP contribution in [0.4, 0.5) is 4.39 Å². The average Bonchev–Trinajstić information content (AvgIpc) is 2.72. The van der Waals surface area contributed by atoms with Crippen molar-refractivity contribution in [2.45, 2.75) is 6.92 Å². The molecule has 0 N–H and O–H groups in total. The first-order valence-electron chi connectivity index (χ1n) is 4.74. The molecule has 0 aliphatic carbocycles. The maximum atomic E-state index is 13.9. The smallest absolute Gasteiger partial charge is 0.206 e. The summed E-state index contributed by atoms with van der Waals surface area (Å²) in [6.07, 6.45) is 0. The molecule has 1 heterocycles. The molecule has 0 amide bonds. The van der Waals surface area contributed by atoms with Crippen molar-refractivity contribution in [3.63, 3.8) is 0 Å². The van der Waals surface area contributed by atoms with Crippen molar-refractivity contribution in [3.8, 4) is 0 Å². The summed E-state index contributed by atoms with van der Waals surface area (Å²) in [4.78, 5) is 12.7. The van der Waals surface area contributed by atoms with Crippen molar-refractivity contribution in [1.82, 2.24) is 0 Å². The van der Waals surface area contributed by atoms with Crippen LogP contribution in [0.3, 0.4) is 0 Å². The molecular weight excluding hydrogens is 327 g/mol. The van der Waals surface area contributed by atoms with Gasteiger partial charge in [-0.3, -0.25) is 4.79 Å². The van der Waals surface area contributed by atoms with E-state index in [2.05, 4.69) is 15.9 Å². The van der Waals surface area contributed by atoms with Gasteiger partial charge < -0.3 is 0 Å². The molecule has 0 aliphatic heterocycles. The molecule has 0 radical (unpaired) electrons. The lowest BCUT2D eigenvalue weighted by Crippen LogP contribution is -2.04. The van der Waals surface area contributed by atoms with Crippen molar-refractivity contribution in [2.75, 3.05) is 0 Å². The van der Waals surface area contributed by atoms with Gasteiger partial charge in [0.2, 0.25) is 5.78 Å². The molecule has 1 nitrogen and oxygen atoms in total. The summed E-state index contributed by atoms with van der Waals surface area (Å²) >= 11 is 10.2. The van der Waals surface area contributed by atoms with E-state index in [1.54, 1.807) is 11.4 Å². The van der Waals surface area contributed by atoms with E-state index in [1.165, 1.54) is 17.4 Å². The topological polar surface area (TPSA) is 17.1 Å². The number of halogens is 3. The number of hydrogen-bond donors (Lipinski definition) is 0. The summed E-state index contributed by atoms with van der Waals surface area (Å²) in [5.74, 6) is -1.01. The Kier molecular flexibility index (Phi) is 3.66. The van der Waals surface area contributed by atoms with E-state index < -0.39 is 5.82 Å². The zero-order valence-electron chi connectivity index (χ0n) is 8.76. The van der Waals surface area contributed by atoms with Gasteiger partial charge in [-0.2, -0.15) is 0 Å². The molecule has 0 saturated heterocycles. The normalized spacial score (nSPS) is 10.6. The number of aryl methyl sites for hydroxylation is 1. The summed E-state index contributed by atoms with van der Waals surface area (Å²) < 4.78 is 14.3. The molecule has 0 spiro atoms. The molecular formula is C12H7BrClFOS. The largest absolute Gasteiger partial charge is 0.288 e. The number of rotatable bonds is 2. The van der Waals surface area contributed by atoms with Crippen LogP contribution >= 0.6 is 38.9 Å². The minimum atomic E-state index is -0.682. The monoisotopic (exact) mass is 332 g/mol. The van der Waals surface area contributed by atoms with E-state index in [-0.39, 0.29) is 16.4 Å². The molecule has 0 aliphatic rings. The van der Waals surface area contributed by atoms with E-state index in [9.17, 15) is 9.18 Å². The highest BCUT2D eigenvalue weighted by atomic mass is 79.9. The third-order valence-corrected chi connectivity index (χ3v) is 4.62. The van der Waals surface area contributed by atoms with Crippen LogP contribution in [0, 0.1) is 12.7 Å². The van der Waals surface area contributed by atoms with E-state index in [0.717, 1.165) is 5.56 Å². The summed E-state index contributed by atoms with van der Waals surface area (Å²) in [5, 5.41) is 1.74. The summed E-state index contributed by atoms with van der Waals surface area (Å²) in [6.45, 7) is 1.82. The highest BCUT2D eigenvalue weighted by Gasteiger charge is 2.20. The van der Waals surface area contributed by atoms with E-state index >= 15 is 0 Å². The van der Waals surface area contributed by atoms with Gasteiger partial charge in [-0.1, -0.05) is 11.6 Å². The number of carbonyl (C=O) groups is 1. The minimum absolute atomic E-state index is 0.00347. The summed E-state index contributed by atoms with van der Waals surface area (Å²) in [6, 6.07) is 4.84. The molecule has 0 unspecified atom stereocenters. The van der Waals surface area contributed by atoms with Gasteiger partial charge in [0.25, 0.3) is 0 Å². The third kappa shape index (κ3) is 2.30. The van der Waals surface area contributed by atoms with Gasteiger partial charge in [-0.15, -0.1) is 11.3 Å². The third-order valence-electron chi connectivity index (χ3n) is 2.35. The molecule has 88 valence electrons. The van der Waals surface area contributed by atoms with Crippen LogP contribution in [0.1, 0.15) is 20.8 Å². The zero-order valence-corrected chi connectivity index (χ0v) is 11.9. The maximum absolute atomic E-state index is 13.9. The first kappa shape index (κ1) is 12.7. The maximum Gasteiger partial charge on any atom is 0.206 e. The lowest BCUT2D eigenvalue weighted by atomic mass is 10.1. The Labute approximate surface area is 115 Å². The number of thiophene rings is 1. The van der Waals surface area contributed by atoms with E-state index in [0.29, 0.717) is 9.35 Å². The molecule has 5 heteroatoms. The van der Waals surface area contributed by atoms with Gasteiger partial charge in [0.05, 0.1) is 15.5 Å². The fourth-order valence-electron chi connectivity index (χ4n) is 1.43. The standard InChI is InChI=1S/C12H7BrClFOS/c1-6-4-5-17-12(6)11(16)7-2-3-8(13)9(14)10(7)15/h2-5H,1H3. The average molecular weight is 334 g/mol. The van der Waals surface area contributed by atoms with Crippen LogP contribution in [-0.4, -0.2) is 5.78 Å². The SMILES string of the molecule is Cc1ccsc1C(=O)c1ccc(Br)c(Cl)c1F. The molecule has 0 bridgehead atoms. The van der Waals surface area contributed by atoms with Crippen molar-refractivity contribution >= 4 is 44.7 Å². The lowest BCUT2D eigenvalue weighted by Gasteiger charge is -2.04. The van der Waals surface area contributed by atoms with Crippen molar-refractivity contribution in [2.24, 2.45) is 0 Å². The van der Waals surface area contributed by atoms with Gasteiger partial charge in [0.15, 0.2) is 5.82 Å². The Morgan fingerprint density at radius 1 is 1.41 bits per heavy atom.